The van der Waals surface area contributed by atoms with Gasteiger partial charge in [-0.3, -0.25) is 4.68 Å². The lowest BCUT2D eigenvalue weighted by molar-refractivity contribution is 0.485. The molecule has 0 amide bonds. The lowest BCUT2D eigenvalue weighted by Gasteiger charge is -1.97. The Kier molecular flexibility index (Phi) is 2.07. The van der Waals surface area contributed by atoms with Crippen molar-refractivity contribution < 1.29 is 12.6 Å². The van der Waals surface area contributed by atoms with Crippen molar-refractivity contribution >= 4 is 10.3 Å². The molecule has 7 heteroatoms. The van der Waals surface area contributed by atoms with Gasteiger partial charge in [0.2, 0.25) is 0 Å². The maximum atomic E-state index is 10.5. The highest BCUT2D eigenvalue weighted by Gasteiger charge is 2.10. The molecule has 6 nitrogen and oxygen atoms in total. The van der Waals surface area contributed by atoms with Gasteiger partial charge in [-0.1, -0.05) is 0 Å². The predicted octanol–water partition coefficient (Wildman–Crippen LogP) is -0.689. The standard InChI is InChI=1S/C5H9N3O3S/c1-4-5(3-8(2)7-4)11-12(6,9)10/h3H,1-2H3,(H2,6,9,10). The van der Waals surface area contributed by atoms with Gasteiger partial charge in [0.1, 0.15) is 5.69 Å². The Bertz CT molecular complexity index is 381. The van der Waals surface area contributed by atoms with E-state index in [1.165, 1.54) is 10.9 Å². The molecular formula is C5H9N3O3S. The van der Waals surface area contributed by atoms with Gasteiger partial charge >= 0.3 is 10.3 Å². The monoisotopic (exact) mass is 191 g/mol. The van der Waals surface area contributed by atoms with Crippen molar-refractivity contribution in [2.24, 2.45) is 12.2 Å². The van der Waals surface area contributed by atoms with Gasteiger partial charge in [0.05, 0.1) is 6.20 Å². The van der Waals surface area contributed by atoms with Gasteiger partial charge in [-0.05, 0) is 6.92 Å². The summed E-state index contributed by atoms with van der Waals surface area (Å²) in [5.74, 6) is 0.153. The zero-order chi connectivity index (χ0) is 9.35. The SMILES string of the molecule is Cc1nn(C)cc1OS(N)(=O)=O. The number of nitrogens with two attached hydrogens (primary N) is 1. The molecule has 0 saturated heterocycles. The second-order valence-corrected chi connectivity index (χ2v) is 3.48. The highest BCUT2D eigenvalue weighted by molar-refractivity contribution is 7.84. The van der Waals surface area contributed by atoms with Crippen LogP contribution in [0.5, 0.6) is 5.75 Å². The van der Waals surface area contributed by atoms with E-state index in [1.54, 1.807) is 14.0 Å². The topological polar surface area (TPSA) is 87.2 Å². The summed E-state index contributed by atoms with van der Waals surface area (Å²) < 4.78 is 26.8. The van der Waals surface area contributed by atoms with Crippen LogP contribution in [0.25, 0.3) is 0 Å². The number of aromatic nitrogens is 2. The molecule has 1 rings (SSSR count). The van der Waals surface area contributed by atoms with Gasteiger partial charge in [0.15, 0.2) is 5.75 Å². The Hall–Kier alpha value is -1.08. The van der Waals surface area contributed by atoms with E-state index < -0.39 is 10.3 Å². The lowest BCUT2D eigenvalue weighted by atomic mass is 10.5. The molecule has 0 spiro atoms. The van der Waals surface area contributed by atoms with Crippen molar-refractivity contribution in [3.05, 3.63) is 11.9 Å². The van der Waals surface area contributed by atoms with E-state index in [1.807, 2.05) is 0 Å². The van der Waals surface area contributed by atoms with Crippen LogP contribution < -0.4 is 9.32 Å². The van der Waals surface area contributed by atoms with Crippen LogP contribution in [0, 0.1) is 6.92 Å². The lowest BCUT2D eigenvalue weighted by Crippen LogP contribution is -2.19. The van der Waals surface area contributed by atoms with Crippen LogP contribution in [0.2, 0.25) is 0 Å². The molecule has 68 valence electrons. The van der Waals surface area contributed by atoms with Crippen molar-refractivity contribution in [2.75, 3.05) is 0 Å². The molecule has 0 aliphatic heterocycles. The van der Waals surface area contributed by atoms with E-state index in [0.29, 0.717) is 5.69 Å². The Morgan fingerprint density at radius 2 is 2.25 bits per heavy atom. The molecule has 1 heterocycles. The van der Waals surface area contributed by atoms with Crippen molar-refractivity contribution in [3.63, 3.8) is 0 Å². The second kappa shape index (κ2) is 2.76. The van der Waals surface area contributed by atoms with Crippen LogP contribution in [0.3, 0.4) is 0 Å². The Labute approximate surface area is 70.2 Å². The maximum absolute atomic E-state index is 10.5. The van der Waals surface area contributed by atoms with E-state index in [-0.39, 0.29) is 5.75 Å². The predicted molar refractivity (Wildman–Crippen MR) is 41.7 cm³/mol. The minimum absolute atomic E-state index is 0.153. The zero-order valence-corrected chi connectivity index (χ0v) is 7.50. The first-order valence-corrected chi connectivity index (χ1v) is 4.58. The van der Waals surface area contributed by atoms with E-state index in [2.05, 4.69) is 14.4 Å². The smallest absolute Gasteiger partial charge is 0.367 e. The number of hydrogen-bond donors (Lipinski definition) is 1. The van der Waals surface area contributed by atoms with E-state index in [4.69, 9.17) is 0 Å². The summed E-state index contributed by atoms with van der Waals surface area (Å²) in [6.07, 6.45) is 1.43. The summed E-state index contributed by atoms with van der Waals surface area (Å²) in [6.45, 7) is 1.63. The minimum Gasteiger partial charge on any atom is -0.367 e. The number of aryl methyl sites for hydroxylation is 2. The third kappa shape index (κ3) is 2.21. The van der Waals surface area contributed by atoms with E-state index >= 15 is 0 Å². The van der Waals surface area contributed by atoms with Gasteiger partial charge in [0, 0.05) is 7.05 Å². The molecular weight excluding hydrogens is 182 g/mol. The minimum atomic E-state index is -3.94. The molecule has 2 N–H and O–H groups in total. The van der Waals surface area contributed by atoms with E-state index in [9.17, 15) is 8.42 Å². The number of hydrogen-bond acceptors (Lipinski definition) is 4. The number of nitrogens with zero attached hydrogens (tertiary/aromatic N) is 2. The third-order valence-corrected chi connectivity index (χ3v) is 1.59. The first kappa shape index (κ1) is 9.01. The normalized spacial score (nSPS) is 11.6. The molecule has 12 heavy (non-hydrogen) atoms. The summed E-state index contributed by atoms with van der Waals surface area (Å²) in [5, 5.41) is 8.53. The number of rotatable bonds is 2. The first-order valence-electron chi connectivity index (χ1n) is 3.11. The fourth-order valence-corrected chi connectivity index (χ4v) is 1.20. The average molecular weight is 191 g/mol. The summed E-state index contributed by atoms with van der Waals surface area (Å²) in [4.78, 5) is 0. The summed E-state index contributed by atoms with van der Waals surface area (Å²) in [7, 11) is -2.28. The largest absolute Gasteiger partial charge is 0.380 e. The molecule has 0 aliphatic rings. The molecule has 0 fully saturated rings. The molecule has 0 aromatic carbocycles. The maximum Gasteiger partial charge on any atom is 0.380 e. The molecule has 1 aromatic heterocycles. The van der Waals surface area contributed by atoms with Crippen LogP contribution >= 0.6 is 0 Å². The fourth-order valence-electron chi connectivity index (χ4n) is 0.785. The molecule has 0 radical (unpaired) electrons. The summed E-state index contributed by atoms with van der Waals surface area (Å²) in [5.41, 5.74) is 0.478. The Balaban J connectivity index is 2.97. The van der Waals surface area contributed by atoms with Gasteiger partial charge in [-0.15, -0.1) is 0 Å². The van der Waals surface area contributed by atoms with Gasteiger partial charge in [-0.2, -0.15) is 18.7 Å². The van der Waals surface area contributed by atoms with Crippen molar-refractivity contribution in [1.29, 1.82) is 0 Å². The Morgan fingerprint density at radius 3 is 2.58 bits per heavy atom. The third-order valence-electron chi connectivity index (χ3n) is 1.17. The molecule has 1 aromatic rings. The summed E-state index contributed by atoms with van der Waals surface area (Å²) in [6, 6.07) is 0. The first-order chi connectivity index (χ1) is 5.38. The average Bonchev–Trinajstić information content (AvgIpc) is 2.06. The zero-order valence-electron chi connectivity index (χ0n) is 6.68. The quantitative estimate of drug-likeness (QED) is 0.670. The van der Waals surface area contributed by atoms with Crippen LogP contribution in [-0.2, 0) is 17.4 Å². The van der Waals surface area contributed by atoms with Crippen LogP contribution in [0.15, 0.2) is 6.20 Å². The summed E-state index contributed by atoms with van der Waals surface area (Å²) >= 11 is 0. The molecule has 0 atom stereocenters. The molecule has 0 aliphatic carbocycles. The van der Waals surface area contributed by atoms with Crippen molar-refractivity contribution in [3.8, 4) is 5.75 Å². The van der Waals surface area contributed by atoms with Gasteiger partial charge in [-0.25, -0.2) is 0 Å². The van der Waals surface area contributed by atoms with Crippen LogP contribution in [0.1, 0.15) is 5.69 Å². The van der Waals surface area contributed by atoms with E-state index in [0.717, 1.165) is 0 Å². The highest BCUT2D eigenvalue weighted by atomic mass is 32.2. The van der Waals surface area contributed by atoms with Crippen LogP contribution in [-0.4, -0.2) is 18.2 Å². The molecule has 0 saturated carbocycles. The second-order valence-electron chi connectivity index (χ2n) is 2.33. The van der Waals surface area contributed by atoms with Crippen LogP contribution in [0.4, 0.5) is 0 Å². The van der Waals surface area contributed by atoms with Gasteiger partial charge < -0.3 is 4.18 Å². The molecule has 0 unspecified atom stereocenters. The highest BCUT2D eigenvalue weighted by Crippen LogP contribution is 2.15. The van der Waals surface area contributed by atoms with Gasteiger partial charge in [0.25, 0.3) is 0 Å². The fraction of sp³-hybridized carbons (Fsp3) is 0.400. The van der Waals surface area contributed by atoms with Crippen molar-refractivity contribution in [1.82, 2.24) is 9.78 Å². The Morgan fingerprint density at radius 1 is 1.67 bits per heavy atom. The molecule has 0 bridgehead atoms. The van der Waals surface area contributed by atoms with Crippen molar-refractivity contribution in [2.45, 2.75) is 6.92 Å².